The zero-order chi connectivity index (χ0) is 28.7. The first-order valence-electron chi connectivity index (χ1n) is 15.5. The number of nitrogens with two attached hydrogens (primary N) is 1. The second-order valence-electron chi connectivity index (χ2n) is 13.2. The van der Waals surface area contributed by atoms with Crippen LogP contribution in [0.2, 0.25) is 0 Å². The predicted octanol–water partition coefficient (Wildman–Crippen LogP) is 4.20. The zero-order valence-corrected chi connectivity index (χ0v) is 24.3. The second kappa shape index (κ2) is 9.67. The molecule has 4 saturated heterocycles. The van der Waals surface area contributed by atoms with E-state index in [9.17, 15) is 4.39 Å². The third-order valence-electron chi connectivity index (χ3n) is 10.2. The van der Waals surface area contributed by atoms with E-state index in [-0.39, 0.29) is 29.4 Å². The number of fused-ring (bicyclic) bond motifs is 4. The SMILES string of the molecule is Cc1cc(N)nc(-c2nc(C)c3c(N4CC5CCC(C4)N5)nc(OC[C@@]45CCCN4C[C@H](F)C5)nc3c2F)c1C1CC1. The number of alkyl halides is 1. The number of aryl methyl sites for hydroxylation is 2. The van der Waals surface area contributed by atoms with E-state index in [1.807, 2.05) is 19.9 Å². The number of halogens is 2. The van der Waals surface area contributed by atoms with Gasteiger partial charge in [0.15, 0.2) is 5.82 Å². The van der Waals surface area contributed by atoms with Crippen LogP contribution >= 0.6 is 0 Å². The van der Waals surface area contributed by atoms with Crippen molar-refractivity contribution in [3.63, 3.8) is 0 Å². The van der Waals surface area contributed by atoms with Crippen molar-refractivity contribution in [3.8, 4) is 17.4 Å². The minimum Gasteiger partial charge on any atom is -0.461 e. The van der Waals surface area contributed by atoms with Crippen LogP contribution in [-0.2, 0) is 0 Å². The molecule has 5 fully saturated rings. The third-order valence-corrected chi connectivity index (χ3v) is 10.2. The normalized spacial score (nSPS) is 29.0. The van der Waals surface area contributed by atoms with E-state index in [1.165, 1.54) is 0 Å². The Morgan fingerprint density at radius 1 is 1.05 bits per heavy atom. The van der Waals surface area contributed by atoms with Gasteiger partial charge in [0, 0.05) is 38.1 Å². The third kappa shape index (κ3) is 4.30. The summed E-state index contributed by atoms with van der Waals surface area (Å²) in [7, 11) is 0. The van der Waals surface area contributed by atoms with Crippen LogP contribution in [0, 0.1) is 19.7 Å². The average Bonchev–Trinajstić information content (AvgIpc) is 3.53. The van der Waals surface area contributed by atoms with Gasteiger partial charge in [-0.2, -0.15) is 9.97 Å². The Bertz CT molecular complexity index is 1570. The monoisotopic (exact) mass is 576 g/mol. The summed E-state index contributed by atoms with van der Waals surface area (Å²) in [5, 5.41) is 4.27. The van der Waals surface area contributed by atoms with Crippen molar-refractivity contribution in [2.24, 2.45) is 0 Å². The highest BCUT2D eigenvalue weighted by atomic mass is 19.1. The standard InChI is InChI=1S/C31H38F2N8O/c1-16-10-22(34)37-27(23(16)18-4-5-18)28-25(33)26-24(17(2)35-28)29(40-13-20-6-7-21(14-40)36-20)39-30(38-26)42-15-31-8-3-9-41(31)12-19(32)11-31/h10,18-21,36H,3-9,11-15H2,1-2H3,(H2,34,37)/t19-,20?,21?,31+/m1/s1. The van der Waals surface area contributed by atoms with Crippen LogP contribution in [0.5, 0.6) is 6.01 Å². The van der Waals surface area contributed by atoms with E-state index in [4.69, 9.17) is 25.4 Å². The quantitative estimate of drug-likeness (QED) is 0.447. The number of anilines is 2. The number of ether oxygens (including phenoxy) is 1. The summed E-state index contributed by atoms with van der Waals surface area (Å²) in [5.74, 6) is 0.795. The molecule has 3 aromatic rings. The molecule has 8 rings (SSSR count). The largest absolute Gasteiger partial charge is 0.461 e. The molecule has 1 aliphatic carbocycles. The number of hydrogen-bond donors (Lipinski definition) is 2. The Morgan fingerprint density at radius 3 is 2.60 bits per heavy atom. The van der Waals surface area contributed by atoms with Gasteiger partial charge in [0.2, 0.25) is 0 Å². The highest BCUT2D eigenvalue weighted by molar-refractivity contribution is 5.94. The van der Waals surface area contributed by atoms with E-state index in [2.05, 4.69) is 20.1 Å². The second-order valence-corrected chi connectivity index (χ2v) is 13.2. The van der Waals surface area contributed by atoms with Gasteiger partial charge < -0.3 is 20.7 Å². The first kappa shape index (κ1) is 26.4. The van der Waals surface area contributed by atoms with Crippen molar-refractivity contribution in [1.29, 1.82) is 0 Å². The molecule has 0 spiro atoms. The van der Waals surface area contributed by atoms with Crippen LogP contribution in [0.3, 0.4) is 0 Å². The molecule has 2 bridgehead atoms. The lowest BCUT2D eigenvalue weighted by atomic mass is 9.95. The molecule has 2 unspecified atom stereocenters. The molecule has 5 aliphatic rings. The predicted molar refractivity (Wildman–Crippen MR) is 157 cm³/mol. The summed E-state index contributed by atoms with van der Waals surface area (Å²) in [5.41, 5.74) is 9.33. The molecule has 4 aliphatic heterocycles. The molecule has 3 aromatic heterocycles. The van der Waals surface area contributed by atoms with E-state index in [0.29, 0.717) is 59.4 Å². The van der Waals surface area contributed by atoms with Gasteiger partial charge in [-0.25, -0.2) is 18.7 Å². The van der Waals surface area contributed by atoms with Gasteiger partial charge in [0.25, 0.3) is 0 Å². The van der Waals surface area contributed by atoms with Crippen LogP contribution < -0.4 is 20.7 Å². The maximum Gasteiger partial charge on any atom is 0.319 e. The van der Waals surface area contributed by atoms with Crippen LogP contribution in [-0.4, -0.2) is 81.4 Å². The molecule has 4 atom stereocenters. The molecule has 222 valence electrons. The summed E-state index contributed by atoms with van der Waals surface area (Å²) < 4.78 is 37.5. The first-order chi connectivity index (χ1) is 20.3. The fraction of sp³-hybridized carbons (Fsp3) is 0.613. The summed E-state index contributed by atoms with van der Waals surface area (Å²) >= 11 is 0. The van der Waals surface area contributed by atoms with Crippen LogP contribution in [0.25, 0.3) is 22.3 Å². The minimum atomic E-state index is -0.859. The van der Waals surface area contributed by atoms with Gasteiger partial charge in [-0.15, -0.1) is 0 Å². The van der Waals surface area contributed by atoms with Crippen molar-refractivity contribution in [2.75, 3.05) is 43.4 Å². The molecule has 0 amide bonds. The number of nitrogens with one attached hydrogen (secondary N) is 1. The molecule has 11 heteroatoms. The lowest BCUT2D eigenvalue weighted by Crippen LogP contribution is -2.51. The molecular weight excluding hydrogens is 538 g/mol. The van der Waals surface area contributed by atoms with Gasteiger partial charge in [0.1, 0.15) is 35.6 Å². The minimum absolute atomic E-state index is 0.126. The van der Waals surface area contributed by atoms with E-state index in [0.717, 1.165) is 69.3 Å². The van der Waals surface area contributed by atoms with Crippen molar-refractivity contribution in [3.05, 3.63) is 28.7 Å². The highest BCUT2D eigenvalue weighted by Gasteiger charge is 2.49. The Balaban J connectivity index is 1.26. The summed E-state index contributed by atoms with van der Waals surface area (Å²) in [6.07, 6.45) is 5.78. The number of aromatic nitrogens is 4. The highest BCUT2D eigenvalue weighted by Crippen LogP contribution is 2.47. The van der Waals surface area contributed by atoms with Gasteiger partial charge in [-0.05, 0) is 82.0 Å². The Morgan fingerprint density at radius 2 is 1.83 bits per heavy atom. The maximum atomic E-state index is 16.8. The molecule has 9 nitrogen and oxygen atoms in total. The van der Waals surface area contributed by atoms with E-state index in [1.54, 1.807) is 0 Å². The topological polar surface area (TPSA) is 105 Å². The lowest BCUT2D eigenvalue weighted by molar-refractivity contribution is 0.107. The van der Waals surface area contributed by atoms with Gasteiger partial charge in [-0.3, -0.25) is 4.90 Å². The van der Waals surface area contributed by atoms with Gasteiger partial charge in [0.05, 0.1) is 22.3 Å². The zero-order valence-electron chi connectivity index (χ0n) is 24.3. The molecule has 1 saturated carbocycles. The Kier molecular flexibility index (Phi) is 6.09. The molecule has 7 heterocycles. The van der Waals surface area contributed by atoms with E-state index >= 15 is 4.39 Å². The summed E-state index contributed by atoms with van der Waals surface area (Å²) in [4.78, 5) is 23.5. The number of rotatable bonds is 6. The van der Waals surface area contributed by atoms with Gasteiger partial charge in [-0.1, -0.05) is 0 Å². The fourth-order valence-electron chi connectivity index (χ4n) is 8.15. The van der Waals surface area contributed by atoms with Gasteiger partial charge >= 0.3 is 6.01 Å². The first-order valence-corrected chi connectivity index (χ1v) is 15.5. The van der Waals surface area contributed by atoms with Crippen LogP contribution in [0.4, 0.5) is 20.4 Å². The number of pyridine rings is 2. The van der Waals surface area contributed by atoms with Crippen LogP contribution in [0.15, 0.2) is 6.07 Å². The summed E-state index contributed by atoms with van der Waals surface area (Å²) in [6, 6.07) is 2.70. The maximum absolute atomic E-state index is 16.8. The fourth-order valence-corrected chi connectivity index (χ4v) is 8.15. The molecule has 0 aromatic carbocycles. The molecular formula is C31H38F2N8O. The van der Waals surface area contributed by atoms with Crippen molar-refractivity contribution in [2.45, 2.75) is 88.5 Å². The van der Waals surface area contributed by atoms with Crippen molar-refractivity contribution in [1.82, 2.24) is 30.2 Å². The van der Waals surface area contributed by atoms with Crippen molar-refractivity contribution < 1.29 is 13.5 Å². The number of hydrogen-bond acceptors (Lipinski definition) is 9. The average molecular weight is 577 g/mol. The smallest absolute Gasteiger partial charge is 0.319 e. The van der Waals surface area contributed by atoms with E-state index < -0.39 is 12.0 Å². The number of nitrogen functional groups attached to an aromatic ring is 1. The summed E-state index contributed by atoms with van der Waals surface area (Å²) in [6.45, 7) is 7.03. The Labute approximate surface area is 244 Å². The lowest BCUT2D eigenvalue weighted by Gasteiger charge is -2.35. The molecule has 42 heavy (non-hydrogen) atoms. The molecule has 3 N–H and O–H groups in total. The van der Waals surface area contributed by atoms with Crippen molar-refractivity contribution >= 4 is 22.5 Å². The molecule has 0 radical (unpaired) electrons. The van der Waals surface area contributed by atoms with Crippen LogP contribution in [0.1, 0.15) is 67.7 Å². The number of nitrogens with zero attached hydrogens (tertiary/aromatic N) is 6. The Hall–Kier alpha value is -3.18. The number of piperazine rings is 1.